The average Bonchev–Trinajstić information content (AvgIpc) is 2.62. The largest absolute Gasteiger partial charge is 0.330 e. The quantitative estimate of drug-likeness (QED) is 0.773. The second-order valence-corrected chi connectivity index (χ2v) is 6.93. The Balaban J connectivity index is 1.95. The second kappa shape index (κ2) is 3.99. The SMILES string of the molecule is CC1(C)C(NC2CCCCC2CN)C1(C)C. The molecular weight excluding hydrogens is 196 g/mol. The highest BCUT2D eigenvalue weighted by Crippen LogP contribution is 2.63. The highest BCUT2D eigenvalue weighted by molar-refractivity contribution is 5.18. The van der Waals surface area contributed by atoms with Crippen molar-refractivity contribution in [3.8, 4) is 0 Å². The zero-order valence-electron chi connectivity index (χ0n) is 11.3. The molecule has 0 saturated heterocycles. The molecule has 2 fully saturated rings. The maximum absolute atomic E-state index is 5.88. The summed E-state index contributed by atoms with van der Waals surface area (Å²) < 4.78 is 0. The van der Waals surface area contributed by atoms with Crippen LogP contribution in [0.4, 0.5) is 0 Å². The lowest BCUT2D eigenvalue weighted by Crippen LogP contribution is -2.44. The van der Waals surface area contributed by atoms with Crippen LogP contribution in [0.2, 0.25) is 0 Å². The Kier molecular flexibility index (Phi) is 3.09. The van der Waals surface area contributed by atoms with E-state index in [-0.39, 0.29) is 0 Å². The molecule has 0 spiro atoms. The Morgan fingerprint density at radius 3 is 2.12 bits per heavy atom. The Bertz CT molecular complexity index is 243. The first-order valence-corrected chi connectivity index (χ1v) is 6.87. The van der Waals surface area contributed by atoms with Crippen LogP contribution in [-0.4, -0.2) is 18.6 Å². The molecule has 2 atom stereocenters. The predicted octanol–water partition coefficient (Wildman–Crippen LogP) is 2.53. The molecule has 2 aliphatic rings. The average molecular weight is 224 g/mol. The van der Waals surface area contributed by atoms with Gasteiger partial charge < -0.3 is 11.1 Å². The summed E-state index contributed by atoms with van der Waals surface area (Å²) in [6, 6.07) is 1.35. The molecule has 2 heteroatoms. The lowest BCUT2D eigenvalue weighted by atomic mass is 9.84. The van der Waals surface area contributed by atoms with Gasteiger partial charge in [-0.3, -0.25) is 0 Å². The van der Waals surface area contributed by atoms with Crippen LogP contribution in [0, 0.1) is 16.7 Å². The summed E-state index contributed by atoms with van der Waals surface area (Å²) in [5.74, 6) is 0.709. The van der Waals surface area contributed by atoms with Crippen LogP contribution < -0.4 is 11.1 Å². The fraction of sp³-hybridized carbons (Fsp3) is 1.00. The summed E-state index contributed by atoms with van der Waals surface area (Å²) in [7, 11) is 0. The van der Waals surface area contributed by atoms with Crippen LogP contribution in [0.3, 0.4) is 0 Å². The molecular formula is C14H28N2. The van der Waals surface area contributed by atoms with Crippen LogP contribution in [0.25, 0.3) is 0 Å². The first kappa shape index (κ1) is 12.4. The van der Waals surface area contributed by atoms with Gasteiger partial charge in [0.15, 0.2) is 0 Å². The van der Waals surface area contributed by atoms with Crippen molar-refractivity contribution in [2.75, 3.05) is 6.54 Å². The zero-order chi connectivity index (χ0) is 12.0. The van der Waals surface area contributed by atoms with E-state index < -0.39 is 0 Å². The number of hydrogen-bond acceptors (Lipinski definition) is 2. The second-order valence-electron chi connectivity index (χ2n) is 6.93. The molecule has 94 valence electrons. The molecule has 2 aliphatic carbocycles. The molecule has 2 rings (SSSR count). The number of hydrogen-bond donors (Lipinski definition) is 2. The fourth-order valence-electron chi connectivity index (χ4n) is 3.54. The molecule has 0 amide bonds. The lowest BCUT2D eigenvalue weighted by molar-refractivity contribution is 0.256. The molecule has 3 N–H and O–H groups in total. The summed E-state index contributed by atoms with van der Waals surface area (Å²) in [6.45, 7) is 10.4. The molecule has 0 aliphatic heterocycles. The van der Waals surface area contributed by atoms with Crippen molar-refractivity contribution in [1.29, 1.82) is 0 Å². The van der Waals surface area contributed by atoms with E-state index in [2.05, 4.69) is 33.0 Å². The van der Waals surface area contributed by atoms with Crippen molar-refractivity contribution in [3.05, 3.63) is 0 Å². The van der Waals surface area contributed by atoms with Gasteiger partial charge in [0.2, 0.25) is 0 Å². The maximum atomic E-state index is 5.88. The molecule has 0 aromatic heterocycles. The summed E-state index contributed by atoms with van der Waals surface area (Å²) >= 11 is 0. The highest BCUT2D eigenvalue weighted by atomic mass is 15.1. The Hall–Kier alpha value is -0.0800. The van der Waals surface area contributed by atoms with Crippen molar-refractivity contribution in [3.63, 3.8) is 0 Å². The molecule has 0 bridgehead atoms. The van der Waals surface area contributed by atoms with Gasteiger partial charge >= 0.3 is 0 Å². The molecule has 0 aromatic rings. The fourth-order valence-corrected chi connectivity index (χ4v) is 3.54. The predicted molar refractivity (Wildman–Crippen MR) is 69.3 cm³/mol. The topological polar surface area (TPSA) is 38.0 Å². The van der Waals surface area contributed by atoms with Crippen LogP contribution >= 0.6 is 0 Å². The van der Waals surface area contributed by atoms with Gasteiger partial charge in [-0.1, -0.05) is 40.5 Å². The maximum Gasteiger partial charge on any atom is 0.0183 e. The minimum absolute atomic E-state index is 0.448. The van der Waals surface area contributed by atoms with Gasteiger partial charge in [0.25, 0.3) is 0 Å². The number of rotatable bonds is 3. The number of nitrogens with two attached hydrogens (primary N) is 1. The molecule has 2 nitrogen and oxygen atoms in total. The van der Waals surface area contributed by atoms with Crippen LogP contribution in [-0.2, 0) is 0 Å². The van der Waals surface area contributed by atoms with Gasteiger partial charge in [-0.25, -0.2) is 0 Å². The normalized spacial score (nSPS) is 37.3. The van der Waals surface area contributed by atoms with Crippen molar-refractivity contribution in [1.82, 2.24) is 5.32 Å². The van der Waals surface area contributed by atoms with E-state index in [0.29, 0.717) is 28.8 Å². The monoisotopic (exact) mass is 224 g/mol. The van der Waals surface area contributed by atoms with E-state index in [1.807, 2.05) is 0 Å². The van der Waals surface area contributed by atoms with Crippen LogP contribution in [0.1, 0.15) is 53.4 Å². The van der Waals surface area contributed by atoms with Gasteiger partial charge in [-0.2, -0.15) is 0 Å². The Morgan fingerprint density at radius 1 is 1.06 bits per heavy atom. The minimum atomic E-state index is 0.448. The summed E-state index contributed by atoms with van der Waals surface area (Å²) in [4.78, 5) is 0. The van der Waals surface area contributed by atoms with Crippen molar-refractivity contribution in [2.24, 2.45) is 22.5 Å². The number of nitrogens with one attached hydrogen (secondary N) is 1. The highest BCUT2D eigenvalue weighted by Gasteiger charge is 2.65. The Morgan fingerprint density at radius 2 is 1.62 bits per heavy atom. The summed E-state index contributed by atoms with van der Waals surface area (Å²) in [6.07, 6.45) is 5.39. The van der Waals surface area contributed by atoms with E-state index in [1.54, 1.807) is 0 Å². The van der Waals surface area contributed by atoms with Gasteiger partial charge in [0, 0.05) is 12.1 Å². The third-order valence-electron chi connectivity index (χ3n) is 5.61. The molecule has 0 radical (unpaired) electrons. The zero-order valence-corrected chi connectivity index (χ0v) is 11.3. The van der Waals surface area contributed by atoms with Gasteiger partial charge in [0.1, 0.15) is 0 Å². The van der Waals surface area contributed by atoms with E-state index in [4.69, 9.17) is 5.73 Å². The van der Waals surface area contributed by atoms with Gasteiger partial charge in [-0.15, -0.1) is 0 Å². The van der Waals surface area contributed by atoms with E-state index in [9.17, 15) is 0 Å². The molecule has 2 unspecified atom stereocenters. The third kappa shape index (κ3) is 1.80. The molecule has 0 heterocycles. The lowest BCUT2D eigenvalue weighted by Gasteiger charge is -2.32. The third-order valence-corrected chi connectivity index (χ3v) is 5.61. The van der Waals surface area contributed by atoms with Gasteiger partial charge in [0.05, 0.1) is 0 Å². The first-order valence-electron chi connectivity index (χ1n) is 6.87. The standard InChI is InChI=1S/C14H28N2/c1-13(2)12(14(13,3)4)16-11-8-6-5-7-10(11)9-15/h10-12,16H,5-9,15H2,1-4H3. The van der Waals surface area contributed by atoms with Crippen LogP contribution in [0.15, 0.2) is 0 Å². The van der Waals surface area contributed by atoms with Crippen molar-refractivity contribution < 1.29 is 0 Å². The first-order chi connectivity index (χ1) is 7.41. The van der Waals surface area contributed by atoms with Crippen molar-refractivity contribution in [2.45, 2.75) is 65.5 Å². The minimum Gasteiger partial charge on any atom is -0.330 e. The molecule has 16 heavy (non-hydrogen) atoms. The van der Waals surface area contributed by atoms with E-state index >= 15 is 0 Å². The smallest absolute Gasteiger partial charge is 0.0183 e. The molecule has 2 saturated carbocycles. The summed E-state index contributed by atoms with van der Waals surface area (Å²) in [5.41, 5.74) is 6.78. The Labute approximate surface area is 100 Å². The van der Waals surface area contributed by atoms with E-state index in [0.717, 1.165) is 6.54 Å². The summed E-state index contributed by atoms with van der Waals surface area (Å²) in [5, 5.41) is 3.89. The van der Waals surface area contributed by atoms with Gasteiger partial charge in [-0.05, 0) is 36.1 Å². The van der Waals surface area contributed by atoms with Crippen LogP contribution in [0.5, 0.6) is 0 Å². The molecule has 0 aromatic carbocycles. The van der Waals surface area contributed by atoms with Crippen molar-refractivity contribution >= 4 is 0 Å². The van der Waals surface area contributed by atoms with E-state index in [1.165, 1.54) is 25.7 Å².